The van der Waals surface area contributed by atoms with Crippen LogP contribution in [0.3, 0.4) is 0 Å². The van der Waals surface area contributed by atoms with Crippen LogP contribution in [0.2, 0.25) is 5.02 Å². The zero-order valence-electron chi connectivity index (χ0n) is 10.8. The molecule has 5 heteroatoms. The van der Waals surface area contributed by atoms with Gasteiger partial charge >= 0.3 is 5.97 Å². The summed E-state index contributed by atoms with van der Waals surface area (Å²) in [4.78, 5) is 11.0. The lowest BCUT2D eigenvalue weighted by molar-refractivity contribution is -0.137. The molecule has 0 saturated heterocycles. The number of aliphatic carboxylic acids is 1. The molecule has 1 saturated carbocycles. The van der Waals surface area contributed by atoms with Crippen molar-refractivity contribution < 1.29 is 19.4 Å². The van der Waals surface area contributed by atoms with E-state index in [2.05, 4.69) is 0 Å². The summed E-state index contributed by atoms with van der Waals surface area (Å²) in [6.45, 7) is 3.65. The highest BCUT2D eigenvalue weighted by Crippen LogP contribution is 2.56. The molecule has 102 valence electrons. The van der Waals surface area contributed by atoms with Crippen molar-refractivity contribution in [3.05, 3.63) is 22.7 Å². The van der Waals surface area contributed by atoms with E-state index in [9.17, 15) is 4.79 Å². The van der Waals surface area contributed by atoms with Crippen LogP contribution in [0, 0.1) is 0 Å². The van der Waals surface area contributed by atoms with E-state index in [1.165, 1.54) is 0 Å². The lowest BCUT2D eigenvalue weighted by Gasteiger charge is -2.16. The zero-order chi connectivity index (χ0) is 13.8. The second kappa shape index (κ2) is 3.79. The number of halogens is 1. The van der Waals surface area contributed by atoms with Gasteiger partial charge in [0.25, 0.3) is 0 Å². The molecular formula is C14H15ClO4. The highest BCUT2D eigenvalue weighted by Gasteiger charge is 2.48. The molecule has 1 aliphatic heterocycles. The van der Waals surface area contributed by atoms with Crippen molar-refractivity contribution in [2.24, 2.45) is 0 Å². The Morgan fingerprint density at radius 3 is 2.42 bits per heavy atom. The lowest BCUT2D eigenvalue weighted by Crippen LogP contribution is -2.29. The Kier molecular flexibility index (Phi) is 2.52. The van der Waals surface area contributed by atoms with Crippen molar-refractivity contribution in [2.75, 3.05) is 0 Å². The maximum Gasteiger partial charge on any atom is 0.304 e. The largest absolute Gasteiger partial charge is 0.481 e. The smallest absolute Gasteiger partial charge is 0.304 e. The highest BCUT2D eigenvalue weighted by atomic mass is 35.5. The van der Waals surface area contributed by atoms with Crippen molar-refractivity contribution in [2.45, 2.75) is 44.3 Å². The third-order valence-electron chi connectivity index (χ3n) is 3.66. The highest BCUT2D eigenvalue weighted by molar-refractivity contribution is 6.31. The second-order valence-electron chi connectivity index (χ2n) is 5.73. The number of rotatable bonds is 3. The molecule has 1 aromatic rings. The van der Waals surface area contributed by atoms with Gasteiger partial charge in [0.15, 0.2) is 11.5 Å². The first-order valence-electron chi connectivity index (χ1n) is 6.25. The molecule has 0 unspecified atom stereocenters. The Morgan fingerprint density at radius 1 is 1.32 bits per heavy atom. The fourth-order valence-electron chi connectivity index (χ4n) is 2.63. The standard InChI is InChI=1S/C14H15ClO4/c1-13(2)18-10-5-8(9(15)6-11(10)19-13)14(3-4-14)7-12(16)17/h5-6H,3-4,7H2,1-2H3,(H,16,17). The number of hydrogen-bond acceptors (Lipinski definition) is 3. The Labute approximate surface area is 116 Å². The van der Waals surface area contributed by atoms with Gasteiger partial charge in [-0.05, 0) is 24.5 Å². The molecule has 1 aromatic carbocycles. The van der Waals surface area contributed by atoms with Crippen molar-refractivity contribution in [1.29, 1.82) is 0 Å². The summed E-state index contributed by atoms with van der Waals surface area (Å²) in [5, 5.41) is 9.57. The van der Waals surface area contributed by atoms with Crippen LogP contribution < -0.4 is 9.47 Å². The average molecular weight is 283 g/mol. The van der Waals surface area contributed by atoms with E-state index >= 15 is 0 Å². The van der Waals surface area contributed by atoms with Gasteiger partial charge in [-0.2, -0.15) is 0 Å². The fraction of sp³-hybridized carbons (Fsp3) is 0.500. The maximum absolute atomic E-state index is 11.0. The lowest BCUT2D eigenvalue weighted by atomic mass is 9.92. The summed E-state index contributed by atoms with van der Waals surface area (Å²) < 4.78 is 11.3. The summed E-state index contributed by atoms with van der Waals surface area (Å²) in [7, 11) is 0. The van der Waals surface area contributed by atoms with Crippen LogP contribution in [0.25, 0.3) is 0 Å². The van der Waals surface area contributed by atoms with Gasteiger partial charge in [0, 0.05) is 30.4 Å². The Hall–Kier alpha value is -1.42. The molecule has 0 bridgehead atoms. The molecule has 1 aliphatic carbocycles. The molecule has 0 spiro atoms. The number of carboxylic acid groups (broad SMARTS) is 1. The van der Waals surface area contributed by atoms with Gasteiger partial charge in [0.05, 0.1) is 6.42 Å². The van der Waals surface area contributed by atoms with E-state index in [-0.39, 0.29) is 11.8 Å². The summed E-state index contributed by atoms with van der Waals surface area (Å²) in [6.07, 6.45) is 1.81. The number of carbonyl (C=O) groups is 1. The Morgan fingerprint density at radius 2 is 1.89 bits per heavy atom. The molecule has 0 atom stereocenters. The minimum Gasteiger partial charge on any atom is -0.481 e. The van der Waals surface area contributed by atoms with Gasteiger partial charge in [0.1, 0.15) is 0 Å². The molecule has 19 heavy (non-hydrogen) atoms. The quantitative estimate of drug-likeness (QED) is 0.924. The molecule has 0 radical (unpaired) electrons. The molecule has 4 nitrogen and oxygen atoms in total. The van der Waals surface area contributed by atoms with Crippen LogP contribution in [-0.4, -0.2) is 16.9 Å². The summed E-state index contributed by atoms with van der Waals surface area (Å²) in [5.41, 5.74) is 0.533. The molecule has 1 fully saturated rings. The van der Waals surface area contributed by atoms with E-state index in [0.29, 0.717) is 16.5 Å². The Bertz CT molecular complexity index is 561. The van der Waals surface area contributed by atoms with Gasteiger partial charge in [-0.15, -0.1) is 0 Å². The van der Waals surface area contributed by atoms with Crippen molar-refractivity contribution in [3.63, 3.8) is 0 Å². The van der Waals surface area contributed by atoms with Gasteiger partial charge in [-0.3, -0.25) is 4.79 Å². The number of carboxylic acids is 1. The molecule has 1 N–H and O–H groups in total. The van der Waals surface area contributed by atoms with Crippen molar-refractivity contribution in [1.82, 2.24) is 0 Å². The fourth-order valence-corrected chi connectivity index (χ4v) is 2.99. The van der Waals surface area contributed by atoms with Crippen LogP contribution >= 0.6 is 11.6 Å². The van der Waals surface area contributed by atoms with Gasteiger partial charge in [0.2, 0.25) is 5.79 Å². The van der Waals surface area contributed by atoms with Gasteiger partial charge in [-0.1, -0.05) is 11.6 Å². The first-order valence-corrected chi connectivity index (χ1v) is 6.63. The first kappa shape index (κ1) is 12.6. The molecular weight excluding hydrogens is 268 g/mol. The molecule has 3 rings (SSSR count). The van der Waals surface area contributed by atoms with Crippen LogP contribution in [-0.2, 0) is 10.2 Å². The van der Waals surface area contributed by atoms with Crippen LogP contribution in [0.15, 0.2) is 12.1 Å². The number of fused-ring (bicyclic) bond motifs is 1. The second-order valence-corrected chi connectivity index (χ2v) is 6.14. The molecule has 0 aromatic heterocycles. The van der Waals surface area contributed by atoms with E-state index in [1.54, 1.807) is 6.07 Å². The van der Waals surface area contributed by atoms with E-state index in [0.717, 1.165) is 18.4 Å². The maximum atomic E-state index is 11.0. The Balaban J connectivity index is 1.99. The van der Waals surface area contributed by atoms with Crippen LogP contribution in [0.1, 0.15) is 38.7 Å². The zero-order valence-corrected chi connectivity index (χ0v) is 11.6. The molecule has 1 heterocycles. The predicted octanol–water partition coefficient (Wildman–Crippen LogP) is 3.35. The molecule has 0 amide bonds. The summed E-state index contributed by atoms with van der Waals surface area (Å²) >= 11 is 6.28. The first-order chi connectivity index (χ1) is 8.81. The van der Waals surface area contributed by atoms with Crippen molar-refractivity contribution >= 4 is 17.6 Å². The normalized spacial score (nSPS) is 21.2. The van der Waals surface area contributed by atoms with E-state index < -0.39 is 11.8 Å². The van der Waals surface area contributed by atoms with Gasteiger partial charge in [-0.25, -0.2) is 0 Å². The van der Waals surface area contributed by atoms with E-state index in [1.807, 2.05) is 19.9 Å². The average Bonchev–Trinajstić information content (AvgIpc) is 2.93. The predicted molar refractivity (Wildman–Crippen MR) is 70.0 cm³/mol. The minimum absolute atomic E-state index is 0.107. The van der Waals surface area contributed by atoms with Crippen LogP contribution in [0.4, 0.5) is 0 Å². The number of benzene rings is 1. The van der Waals surface area contributed by atoms with Gasteiger partial charge < -0.3 is 14.6 Å². The van der Waals surface area contributed by atoms with Crippen LogP contribution in [0.5, 0.6) is 11.5 Å². The summed E-state index contributed by atoms with van der Waals surface area (Å²) in [6, 6.07) is 3.56. The molecule has 2 aliphatic rings. The minimum atomic E-state index is -0.799. The third-order valence-corrected chi connectivity index (χ3v) is 3.97. The topological polar surface area (TPSA) is 55.8 Å². The monoisotopic (exact) mass is 282 g/mol. The number of ether oxygens (including phenoxy) is 2. The van der Waals surface area contributed by atoms with Crippen molar-refractivity contribution in [3.8, 4) is 11.5 Å². The van der Waals surface area contributed by atoms with E-state index in [4.69, 9.17) is 26.2 Å². The SMILES string of the molecule is CC1(C)Oc2cc(Cl)c(C3(CC(=O)O)CC3)cc2O1. The number of hydrogen-bond donors (Lipinski definition) is 1. The third kappa shape index (κ3) is 2.14. The summed E-state index contributed by atoms with van der Waals surface area (Å²) in [5.74, 6) is -0.245.